The van der Waals surface area contributed by atoms with Crippen LogP contribution in [0, 0.1) is 5.92 Å². The number of carbonyl (C=O) groups is 2. The Hall–Kier alpha value is -2.09. The third-order valence-corrected chi connectivity index (χ3v) is 7.33. The molecule has 0 unspecified atom stereocenters. The summed E-state index contributed by atoms with van der Waals surface area (Å²) in [6.07, 6.45) is 4.44. The summed E-state index contributed by atoms with van der Waals surface area (Å²) in [6, 6.07) is 5.39. The monoisotopic (exact) mass is 392 g/mol. The molecule has 0 aromatic heterocycles. The Morgan fingerprint density at radius 2 is 1.89 bits per heavy atom. The minimum atomic E-state index is -3.24. The van der Waals surface area contributed by atoms with Crippen LogP contribution >= 0.6 is 0 Å². The van der Waals surface area contributed by atoms with Crippen molar-refractivity contribution in [3.8, 4) is 5.75 Å². The fraction of sp³-hybridized carbons (Fsp3) is 0.579. The summed E-state index contributed by atoms with van der Waals surface area (Å²) in [7, 11) is -3.24. The van der Waals surface area contributed by atoms with Crippen LogP contribution in [0.25, 0.3) is 0 Å². The van der Waals surface area contributed by atoms with Gasteiger partial charge in [-0.1, -0.05) is 6.07 Å². The second kappa shape index (κ2) is 6.51. The van der Waals surface area contributed by atoms with E-state index in [-0.39, 0.29) is 17.9 Å². The third-order valence-electron chi connectivity index (χ3n) is 5.35. The molecule has 2 saturated carbocycles. The maximum atomic E-state index is 12.7. The highest BCUT2D eigenvalue weighted by Gasteiger charge is 2.50. The predicted octanol–water partition coefficient (Wildman–Crippen LogP) is 1.13. The van der Waals surface area contributed by atoms with Gasteiger partial charge in [-0.3, -0.25) is 9.59 Å². The van der Waals surface area contributed by atoms with Gasteiger partial charge in [0.15, 0.2) is 9.84 Å². The van der Waals surface area contributed by atoms with E-state index in [2.05, 4.69) is 5.32 Å². The summed E-state index contributed by atoms with van der Waals surface area (Å²) in [4.78, 5) is 24.1. The summed E-state index contributed by atoms with van der Waals surface area (Å²) >= 11 is 0. The number of benzene rings is 1. The second-order valence-electron chi connectivity index (χ2n) is 8.19. The maximum Gasteiger partial charge on any atom is 0.251 e. The van der Waals surface area contributed by atoms with Crippen molar-refractivity contribution in [3.63, 3.8) is 0 Å². The van der Waals surface area contributed by atoms with Crippen molar-refractivity contribution in [1.29, 1.82) is 0 Å². The van der Waals surface area contributed by atoms with Crippen molar-refractivity contribution in [2.24, 2.45) is 11.7 Å². The van der Waals surface area contributed by atoms with Gasteiger partial charge >= 0.3 is 0 Å². The molecule has 27 heavy (non-hydrogen) atoms. The molecule has 4 rings (SSSR count). The molecule has 0 radical (unpaired) electrons. The Bertz CT molecular complexity index is 875. The molecule has 1 aliphatic heterocycles. The summed E-state index contributed by atoms with van der Waals surface area (Å²) in [5, 5.41) is 2.73. The molecule has 146 valence electrons. The minimum Gasteiger partial charge on any atom is -0.493 e. The van der Waals surface area contributed by atoms with Crippen LogP contribution in [0.1, 0.15) is 53.9 Å². The van der Waals surface area contributed by atoms with Crippen LogP contribution in [0.3, 0.4) is 0 Å². The number of hydrogen-bond donors (Lipinski definition) is 2. The SMILES string of the molecule is NC(=O)CC1(NC(=O)c2ccc(C3CC3)c(OCC3CC3)c2)CS(=O)(=O)C1. The molecule has 2 aliphatic carbocycles. The molecule has 3 fully saturated rings. The molecule has 0 bridgehead atoms. The quantitative estimate of drug-likeness (QED) is 0.688. The molecule has 1 heterocycles. The van der Waals surface area contributed by atoms with E-state index < -0.39 is 27.2 Å². The largest absolute Gasteiger partial charge is 0.493 e. The Morgan fingerprint density at radius 3 is 2.44 bits per heavy atom. The van der Waals surface area contributed by atoms with Gasteiger partial charge < -0.3 is 15.8 Å². The molecule has 1 aromatic carbocycles. The molecule has 7 nitrogen and oxygen atoms in total. The highest BCUT2D eigenvalue weighted by Crippen LogP contribution is 2.45. The summed E-state index contributed by atoms with van der Waals surface area (Å²) in [5.41, 5.74) is 5.67. The minimum absolute atomic E-state index is 0.191. The van der Waals surface area contributed by atoms with Gasteiger partial charge in [0.25, 0.3) is 5.91 Å². The van der Waals surface area contributed by atoms with Gasteiger partial charge in [-0.25, -0.2) is 8.42 Å². The molecular weight excluding hydrogens is 368 g/mol. The van der Waals surface area contributed by atoms with E-state index >= 15 is 0 Å². The van der Waals surface area contributed by atoms with Gasteiger partial charge in [0, 0.05) is 5.56 Å². The number of nitrogens with two attached hydrogens (primary N) is 1. The first-order valence-corrected chi connectivity index (χ1v) is 11.2. The Morgan fingerprint density at radius 1 is 1.19 bits per heavy atom. The van der Waals surface area contributed by atoms with E-state index in [1.165, 1.54) is 12.8 Å². The highest BCUT2D eigenvalue weighted by atomic mass is 32.2. The molecule has 1 saturated heterocycles. The van der Waals surface area contributed by atoms with Crippen LogP contribution in [0.5, 0.6) is 5.75 Å². The Labute approximate surface area is 158 Å². The lowest BCUT2D eigenvalue weighted by molar-refractivity contribution is -0.119. The van der Waals surface area contributed by atoms with Gasteiger partial charge in [0.1, 0.15) is 5.75 Å². The second-order valence-corrected chi connectivity index (χ2v) is 10.3. The first-order valence-electron chi connectivity index (χ1n) is 9.33. The first-order chi connectivity index (χ1) is 12.8. The lowest BCUT2D eigenvalue weighted by Crippen LogP contribution is -2.66. The fourth-order valence-electron chi connectivity index (χ4n) is 3.69. The van der Waals surface area contributed by atoms with E-state index in [0.717, 1.165) is 24.2 Å². The normalized spacial score (nSPS) is 22.5. The topological polar surface area (TPSA) is 116 Å². The van der Waals surface area contributed by atoms with Crippen molar-refractivity contribution in [2.75, 3.05) is 18.1 Å². The number of amides is 2. The summed E-state index contributed by atoms with van der Waals surface area (Å²) in [5.74, 6) is 0.261. The third kappa shape index (κ3) is 4.26. The zero-order valence-electron chi connectivity index (χ0n) is 15.1. The van der Waals surface area contributed by atoms with Crippen LogP contribution in [-0.2, 0) is 14.6 Å². The lowest BCUT2D eigenvalue weighted by atomic mass is 9.97. The predicted molar refractivity (Wildman–Crippen MR) is 99.3 cm³/mol. The zero-order chi connectivity index (χ0) is 19.2. The van der Waals surface area contributed by atoms with E-state index in [0.29, 0.717) is 24.0 Å². The van der Waals surface area contributed by atoms with Crippen molar-refractivity contribution in [2.45, 2.75) is 43.6 Å². The van der Waals surface area contributed by atoms with Crippen molar-refractivity contribution >= 4 is 21.7 Å². The summed E-state index contributed by atoms with van der Waals surface area (Å²) < 4.78 is 29.2. The van der Waals surface area contributed by atoms with Crippen molar-refractivity contribution in [3.05, 3.63) is 29.3 Å². The average Bonchev–Trinajstić information content (AvgIpc) is 3.44. The first kappa shape index (κ1) is 18.3. The summed E-state index contributed by atoms with van der Waals surface area (Å²) in [6.45, 7) is 0.661. The van der Waals surface area contributed by atoms with Crippen molar-refractivity contribution < 1.29 is 22.7 Å². The number of rotatable bonds is 8. The van der Waals surface area contributed by atoms with E-state index in [4.69, 9.17) is 10.5 Å². The number of carbonyl (C=O) groups excluding carboxylic acids is 2. The smallest absolute Gasteiger partial charge is 0.251 e. The number of sulfone groups is 1. The van der Waals surface area contributed by atoms with Gasteiger partial charge in [0.05, 0.1) is 30.1 Å². The fourth-order valence-corrected chi connectivity index (χ4v) is 5.64. The molecular formula is C19H24N2O5S. The lowest BCUT2D eigenvalue weighted by Gasteiger charge is -2.40. The maximum absolute atomic E-state index is 12.7. The molecule has 3 N–H and O–H groups in total. The van der Waals surface area contributed by atoms with Crippen LogP contribution in [0.15, 0.2) is 18.2 Å². The van der Waals surface area contributed by atoms with Gasteiger partial charge in [0.2, 0.25) is 5.91 Å². The molecule has 8 heteroatoms. The van der Waals surface area contributed by atoms with E-state index in [9.17, 15) is 18.0 Å². The standard InChI is InChI=1S/C19H24N2O5S/c20-17(22)8-19(10-27(24,25)11-19)21-18(23)14-5-6-15(13-3-4-13)16(7-14)26-9-12-1-2-12/h5-7,12-13H,1-4,8-11H2,(H2,20,22)(H,21,23). The molecule has 1 aromatic rings. The molecule has 0 atom stereocenters. The molecule has 0 spiro atoms. The number of ether oxygens (including phenoxy) is 1. The molecule has 3 aliphatic rings. The van der Waals surface area contributed by atoms with Crippen LogP contribution < -0.4 is 15.8 Å². The Kier molecular flexibility index (Phi) is 4.41. The highest BCUT2D eigenvalue weighted by molar-refractivity contribution is 7.93. The van der Waals surface area contributed by atoms with Crippen molar-refractivity contribution in [1.82, 2.24) is 5.32 Å². The number of nitrogens with one attached hydrogen (secondary N) is 1. The van der Waals surface area contributed by atoms with Crippen LogP contribution in [0.4, 0.5) is 0 Å². The van der Waals surface area contributed by atoms with Gasteiger partial charge in [-0.15, -0.1) is 0 Å². The van der Waals surface area contributed by atoms with Crippen LogP contribution in [0.2, 0.25) is 0 Å². The number of primary amides is 1. The van der Waals surface area contributed by atoms with Gasteiger partial charge in [-0.05, 0) is 55.2 Å². The average molecular weight is 392 g/mol. The zero-order valence-corrected chi connectivity index (χ0v) is 15.9. The Balaban J connectivity index is 1.51. The van der Waals surface area contributed by atoms with E-state index in [1.807, 2.05) is 6.07 Å². The molecule has 2 amide bonds. The van der Waals surface area contributed by atoms with Crippen LogP contribution in [-0.4, -0.2) is 43.9 Å². The van der Waals surface area contributed by atoms with Gasteiger partial charge in [-0.2, -0.15) is 0 Å². The van der Waals surface area contributed by atoms with E-state index in [1.54, 1.807) is 12.1 Å². The number of hydrogen-bond acceptors (Lipinski definition) is 5.